The average Bonchev–Trinajstić information content (AvgIpc) is 2.49. The van der Waals surface area contributed by atoms with Gasteiger partial charge in [-0.15, -0.1) is 0 Å². The summed E-state index contributed by atoms with van der Waals surface area (Å²) in [5.41, 5.74) is 0. The number of nitrogens with zero attached hydrogens (tertiary/aromatic N) is 2. The fourth-order valence-electron chi connectivity index (χ4n) is 4.07. The highest BCUT2D eigenvalue weighted by molar-refractivity contribution is 14.1. The molecule has 5 heteroatoms. The molecule has 0 aromatic heterocycles. The molecule has 0 amide bonds. The minimum atomic E-state index is 0.350. The maximum absolute atomic E-state index is 6.28. The van der Waals surface area contributed by atoms with Gasteiger partial charge in [0, 0.05) is 55.6 Å². The molecule has 0 atom stereocenters. The molecule has 3 fully saturated rings. The van der Waals surface area contributed by atoms with Gasteiger partial charge in [-0.05, 0) is 58.3 Å². The van der Waals surface area contributed by atoms with Crippen LogP contribution >= 0.6 is 22.9 Å². The van der Waals surface area contributed by atoms with Crippen molar-refractivity contribution in [3.63, 3.8) is 0 Å². The van der Waals surface area contributed by atoms with Crippen molar-refractivity contribution in [3.05, 3.63) is 0 Å². The fraction of sp³-hybridized carbons (Fsp3) is 1.00. The number of piperidine rings is 2. The molecule has 23 heavy (non-hydrogen) atoms. The summed E-state index contributed by atoms with van der Waals surface area (Å²) in [6, 6.07) is 0. The first-order chi connectivity index (χ1) is 11.1. The summed E-state index contributed by atoms with van der Waals surface area (Å²) in [7, 11) is 0. The molecule has 0 spiro atoms. The number of hydrogen-bond donors (Lipinski definition) is 0. The summed E-state index contributed by atoms with van der Waals surface area (Å²) >= 11 is 2.46. The lowest BCUT2D eigenvalue weighted by molar-refractivity contribution is -0.146. The van der Waals surface area contributed by atoms with E-state index in [1.54, 1.807) is 0 Å². The Morgan fingerprint density at radius 2 is 1.57 bits per heavy atom. The van der Waals surface area contributed by atoms with Crippen LogP contribution in [0.25, 0.3) is 0 Å². The molecule has 2 saturated heterocycles. The van der Waals surface area contributed by atoms with E-state index in [1.165, 1.54) is 58.4 Å². The molecule has 1 saturated carbocycles. The van der Waals surface area contributed by atoms with Crippen LogP contribution in [0.2, 0.25) is 0 Å². The van der Waals surface area contributed by atoms with Gasteiger partial charge < -0.3 is 14.4 Å². The first-order valence-electron chi connectivity index (χ1n) is 9.52. The third-order valence-electron chi connectivity index (χ3n) is 5.51. The molecule has 0 radical (unpaired) electrons. The van der Waals surface area contributed by atoms with Gasteiger partial charge in [0.15, 0.2) is 0 Å². The third kappa shape index (κ3) is 5.80. The molecule has 0 bridgehead atoms. The van der Waals surface area contributed by atoms with Gasteiger partial charge in [-0.2, -0.15) is 0 Å². The van der Waals surface area contributed by atoms with Crippen molar-refractivity contribution in [1.82, 2.24) is 8.01 Å². The molecule has 3 rings (SSSR count). The zero-order valence-corrected chi connectivity index (χ0v) is 16.9. The second kappa shape index (κ2) is 8.79. The van der Waals surface area contributed by atoms with E-state index in [-0.39, 0.29) is 0 Å². The first kappa shape index (κ1) is 18.4. The van der Waals surface area contributed by atoms with Crippen molar-refractivity contribution in [2.24, 2.45) is 5.92 Å². The van der Waals surface area contributed by atoms with E-state index in [4.69, 9.17) is 9.47 Å². The third-order valence-corrected chi connectivity index (χ3v) is 6.48. The molecular weight excluding hydrogens is 403 g/mol. The maximum atomic E-state index is 6.28. The summed E-state index contributed by atoms with van der Waals surface area (Å²) in [4.78, 5) is 2.68. The normalized spacial score (nSPS) is 32.3. The van der Waals surface area contributed by atoms with Crippen LogP contribution in [0.4, 0.5) is 0 Å². The molecule has 2 aliphatic heterocycles. The summed E-state index contributed by atoms with van der Waals surface area (Å²) in [5.74, 6) is 0.916. The standard InChI is InChI=1S/C18H33IN2O2/c1-14(2)22-17-11-18(12-17)23-16-5-7-20(8-6-16)13-15-3-9-21(19)10-4-15/h14-18H,3-13H2,1-2H3. The predicted octanol–water partition coefficient (Wildman–Crippen LogP) is 3.49. The van der Waals surface area contributed by atoms with Crippen molar-refractivity contribution >= 4 is 22.9 Å². The van der Waals surface area contributed by atoms with E-state index in [1.807, 2.05) is 0 Å². The highest BCUT2D eigenvalue weighted by Crippen LogP contribution is 2.30. The van der Waals surface area contributed by atoms with E-state index in [9.17, 15) is 0 Å². The Kier molecular flexibility index (Phi) is 7.02. The second-order valence-electron chi connectivity index (χ2n) is 7.89. The van der Waals surface area contributed by atoms with Gasteiger partial charge in [0.05, 0.1) is 24.4 Å². The topological polar surface area (TPSA) is 24.9 Å². The number of halogens is 1. The number of likely N-dealkylation sites (tertiary alicyclic amines) is 1. The van der Waals surface area contributed by atoms with Gasteiger partial charge in [-0.25, -0.2) is 3.11 Å². The SMILES string of the molecule is CC(C)OC1CC(OC2CCN(CC3CCN(I)CC3)CC2)C1. The molecule has 2 heterocycles. The van der Waals surface area contributed by atoms with Gasteiger partial charge in [0.2, 0.25) is 0 Å². The van der Waals surface area contributed by atoms with Crippen molar-refractivity contribution in [2.75, 3.05) is 32.7 Å². The number of hydrogen-bond acceptors (Lipinski definition) is 4. The Morgan fingerprint density at radius 3 is 2.17 bits per heavy atom. The van der Waals surface area contributed by atoms with Gasteiger partial charge in [-0.1, -0.05) is 0 Å². The first-order valence-corrected chi connectivity index (χ1v) is 10.5. The minimum Gasteiger partial charge on any atom is -0.375 e. The van der Waals surface area contributed by atoms with Crippen molar-refractivity contribution < 1.29 is 9.47 Å². The van der Waals surface area contributed by atoms with Crippen LogP contribution in [0.3, 0.4) is 0 Å². The monoisotopic (exact) mass is 436 g/mol. The quantitative estimate of drug-likeness (QED) is 0.470. The van der Waals surface area contributed by atoms with E-state index in [2.05, 4.69) is 44.7 Å². The summed E-state index contributed by atoms with van der Waals surface area (Å²) in [6.07, 6.45) is 9.15. The molecule has 0 N–H and O–H groups in total. The molecular formula is C18H33IN2O2. The van der Waals surface area contributed by atoms with Crippen LogP contribution in [0.5, 0.6) is 0 Å². The van der Waals surface area contributed by atoms with Crippen molar-refractivity contribution in [3.8, 4) is 0 Å². The summed E-state index contributed by atoms with van der Waals surface area (Å²) in [5, 5.41) is 0. The predicted molar refractivity (Wildman–Crippen MR) is 102 cm³/mol. The Labute approximate surface area is 155 Å². The van der Waals surface area contributed by atoms with E-state index in [0.717, 1.165) is 18.8 Å². The maximum Gasteiger partial charge on any atom is 0.0628 e. The van der Waals surface area contributed by atoms with E-state index < -0.39 is 0 Å². The molecule has 0 aromatic rings. The van der Waals surface area contributed by atoms with Crippen LogP contribution in [-0.4, -0.2) is 65.2 Å². The Bertz CT molecular complexity index is 347. The van der Waals surface area contributed by atoms with Crippen LogP contribution in [-0.2, 0) is 9.47 Å². The Morgan fingerprint density at radius 1 is 0.913 bits per heavy atom. The van der Waals surface area contributed by atoms with Crippen LogP contribution < -0.4 is 0 Å². The highest BCUT2D eigenvalue weighted by Gasteiger charge is 2.34. The lowest BCUT2D eigenvalue weighted by atomic mass is 9.91. The largest absolute Gasteiger partial charge is 0.375 e. The molecule has 0 aromatic carbocycles. The molecule has 4 nitrogen and oxygen atoms in total. The van der Waals surface area contributed by atoms with Crippen LogP contribution in [0, 0.1) is 5.92 Å². The number of ether oxygens (including phenoxy) is 2. The van der Waals surface area contributed by atoms with Gasteiger partial charge >= 0.3 is 0 Å². The summed E-state index contributed by atoms with van der Waals surface area (Å²) in [6.45, 7) is 10.5. The lowest BCUT2D eigenvalue weighted by Crippen LogP contribution is -2.45. The van der Waals surface area contributed by atoms with Gasteiger partial charge in [0.25, 0.3) is 0 Å². The zero-order chi connectivity index (χ0) is 16.2. The van der Waals surface area contributed by atoms with Gasteiger partial charge in [-0.3, -0.25) is 0 Å². The Hall–Kier alpha value is 0.570. The molecule has 3 aliphatic rings. The fourth-order valence-corrected chi connectivity index (χ4v) is 4.63. The van der Waals surface area contributed by atoms with E-state index in [0.29, 0.717) is 24.4 Å². The van der Waals surface area contributed by atoms with Crippen molar-refractivity contribution in [1.29, 1.82) is 0 Å². The average molecular weight is 436 g/mol. The minimum absolute atomic E-state index is 0.350. The zero-order valence-electron chi connectivity index (χ0n) is 14.8. The second-order valence-corrected chi connectivity index (χ2v) is 9.25. The molecule has 134 valence electrons. The van der Waals surface area contributed by atoms with Crippen molar-refractivity contribution in [2.45, 2.75) is 76.8 Å². The smallest absolute Gasteiger partial charge is 0.0628 e. The number of rotatable bonds is 6. The van der Waals surface area contributed by atoms with Crippen LogP contribution in [0.15, 0.2) is 0 Å². The van der Waals surface area contributed by atoms with Crippen LogP contribution in [0.1, 0.15) is 52.4 Å². The summed E-state index contributed by atoms with van der Waals surface area (Å²) < 4.78 is 14.5. The Balaban J connectivity index is 1.27. The molecule has 1 aliphatic carbocycles. The van der Waals surface area contributed by atoms with E-state index >= 15 is 0 Å². The lowest BCUT2D eigenvalue weighted by Gasteiger charge is -2.41. The molecule has 0 unspecified atom stereocenters. The highest BCUT2D eigenvalue weighted by atomic mass is 127. The van der Waals surface area contributed by atoms with Gasteiger partial charge in [0.1, 0.15) is 0 Å².